The first-order valence-corrected chi connectivity index (χ1v) is 9.64. The van der Waals surface area contributed by atoms with Crippen molar-refractivity contribution in [1.82, 2.24) is 25.2 Å². The molecule has 4 rings (SSSR count). The highest BCUT2D eigenvalue weighted by atomic mass is 16.5. The Bertz CT molecular complexity index is 1010. The summed E-state index contributed by atoms with van der Waals surface area (Å²) in [5.41, 5.74) is 3.10. The van der Waals surface area contributed by atoms with Gasteiger partial charge in [-0.3, -0.25) is 9.59 Å². The van der Waals surface area contributed by atoms with E-state index in [1.165, 1.54) is 0 Å². The number of aromatic amines is 1. The molecule has 1 aliphatic rings. The SMILES string of the molecule is COc1ccc(CCC(=O)N2CCN(C(=O)c3ccc4n[nH]nc4c3)CC2)cc1. The van der Waals surface area contributed by atoms with Crippen molar-refractivity contribution < 1.29 is 14.3 Å². The summed E-state index contributed by atoms with van der Waals surface area (Å²) < 4.78 is 5.15. The molecule has 2 amide bonds. The van der Waals surface area contributed by atoms with E-state index in [-0.39, 0.29) is 11.8 Å². The summed E-state index contributed by atoms with van der Waals surface area (Å²) in [5, 5.41) is 10.6. The Labute approximate surface area is 168 Å². The fourth-order valence-electron chi connectivity index (χ4n) is 3.52. The van der Waals surface area contributed by atoms with Gasteiger partial charge in [-0.25, -0.2) is 0 Å². The lowest BCUT2D eigenvalue weighted by Crippen LogP contribution is -2.50. The van der Waals surface area contributed by atoms with Crippen LogP contribution >= 0.6 is 0 Å². The first-order chi connectivity index (χ1) is 14.1. The summed E-state index contributed by atoms with van der Waals surface area (Å²) in [7, 11) is 1.63. The number of carbonyl (C=O) groups excluding carboxylic acids is 2. The molecule has 1 saturated heterocycles. The standard InChI is InChI=1S/C21H23N5O3/c1-29-17-6-2-15(3-7-17)4-9-20(27)25-10-12-26(13-11-25)21(28)16-5-8-18-19(14-16)23-24-22-18/h2-3,5-8,14H,4,9-13H2,1H3,(H,22,23,24). The smallest absolute Gasteiger partial charge is 0.254 e. The second-order valence-electron chi connectivity index (χ2n) is 7.05. The molecular formula is C21H23N5O3. The maximum Gasteiger partial charge on any atom is 0.254 e. The van der Waals surface area contributed by atoms with Crippen LogP contribution in [0.1, 0.15) is 22.3 Å². The van der Waals surface area contributed by atoms with Crippen LogP contribution in [-0.4, -0.2) is 70.3 Å². The number of hydrogen-bond donors (Lipinski definition) is 1. The number of aryl methyl sites for hydroxylation is 1. The fourth-order valence-corrected chi connectivity index (χ4v) is 3.52. The molecule has 150 valence electrons. The third kappa shape index (κ3) is 4.21. The van der Waals surface area contributed by atoms with Gasteiger partial charge in [-0.2, -0.15) is 15.4 Å². The molecule has 0 aliphatic carbocycles. The van der Waals surface area contributed by atoms with Crippen LogP contribution in [0.5, 0.6) is 5.75 Å². The Morgan fingerprint density at radius 2 is 1.66 bits per heavy atom. The summed E-state index contributed by atoms with van der Waals surface area (Å²) >= 11 is 0. The normalized spacial score (nSPS) is 14.2. The van der Waals surface area contributed by atoms with Gasteiger partial charge >= 0.3 is 0 Å². The van der Waals surface area contributed by atoms with E-state index in [9.17, 15) is 9.59 Å². The number of nitrogens with one attached hydrogen (secondary N) is 1. The van der Waals surface area contributed by atoms with Crippen LogP contribution in [0.25, 0.3) is 11.0 Å². The second kappa shape index (κ2) is 8.30. The van der Waals surface area contributed by atoms with E-state index >= 15 is 0 Å². The lowest BCUT2D eigenvalue weighted by molar-refractivity contribution is -0.132. The minimum absolute atomic E-state index is 0.0415. The topological polar surface area (TPSA) is 91.4 Å². The molecule has 1 N–H and O–H groups in total. The van der Waals surface area contributed by atoms with Crippen LogP contribution in [-0.2, 0) is 11.2 Å². The predicted molar refractivity (Wildman–Crippen MR) is 108 cm³/mol. The van der Waals surface area contributed by atoms with Gasteiger partial charge in [0.15, 0.2) is 0 Å². The van der Waals surface area contributed by atoms with Gasteiger partial charge in [-0.05, 0) is 42.3 Å². The Morgan fingerprint density at radius 3 is 2.38 bits per heavy atom. The van der Waals surface area contributed by atoms with Crippen molar-refractivity contribution in [3.63, 3.8) is 0 Å². The molecule has 8 heteroatoms. The number of piperazine rings is 1. The largest absolute Gasteiger partial charge is 0.497 e. The number of H-pyrrole nitrogens is 1. The Kier molecular flexibility index (Phi) is 5.41. The molecule has 1 aliphatic heterocycles. The Morgan fingerprint density at radius 1 is 0.966 bits per heavy atom. The monoisotopic (exact) mass is 393 g/mol. The minimum atomic E-state index is -0.0415. The van der Waals surface area contributed by atoms with Gasteiger partial charge in [0.05, 0.1) is 7.11 Å². The fraction of sp³-hybridized carbons (Fsp3) is 0.333. The van der Waals surface area contributed by atoms with Crippen molar-refractivity contribution in [2.75, 3.05) is 33.3 Å². The minimum Gasteiger partial charge on any atom is -0.497 e. The van der Waals surface area contributed by atoms with Gasteiger partial charge in [0.1, 0.15) is 16.8 Å². The first-order valence-electron chi connectivity index (χ1n) is 9.64. The maximum absolute atomic E-state index is 12.8. The summed E-state index contributed by atoms with van der Waals surface area (Å²) in [4.78, 5) is 28.9. The van der Waals surface area contributed by atoms with Crippen molar-refractivity contribution in [2.45, 2.75) is 12.8 Å². The van der Waals surface area contributed by atoms with E-state index in [2.05, 4.69) is 15.4 Å². The third-order valence-corrected chi connectivity index (χ3v) is 5.27. The molecule has 0 saturated carbocycles. The van der Waals surface area contributed by atoms with Crippen LogP contribution in [0.4, 0.5) is 0 Å². The highest BCUT2D eigenvalue weighted by Crippen LogP contribution is 2.16. The molecule has 0 spiro atoms. The zero-order valence-electron chi connectivity index (χ0n) is 16.3. The van der Waals surface area contributed by atoms with Crippen molar-refractivity contribution in [3.8, 4) is 5.75 Å². The van der Waals surface area contributed by atoms with Crippen LogP contribution in [0.2, 0.25) is 0 Å². The van der Waals surface area contributed by atoms with E-state index in [0.29, 0.717) is 50.1 Å². The molecule has 0 radical (unpaired) electrons. The van der Waals surface area contributed by atoms with Crippen molar-refractivity contribution in [3.05, 3.63) is 53.6 Å². The number of aromatic nitrogens is 3. The molecule has 1 aromatic heterocycles. The number of amides is 2. The number of carbonyl (C=O) groups is 2. The number of rotatable bonds is 5. The van der Waals surface area contributed by atoms with Crippen molar-refractivity contribution in [1.29, 1.82) is 0 Å². The molecular weight excluding hydrogens is 370 g/mol. The zero-order valence-corrected chi connectivity index (χ0v) is 16.3. The van der Waals surface area contributed by atoms with Gasteiger partial charge in [-0.1, -0.05) is 12.1 Å². The molecule has 0 unspecified atom stereocenters. The molecule has 2 heterocycles. The number of fused-ring (bicyclic) bond motifs is 1. The van der Waals surface area contributed by atoms with Crippen LogP contribution in [0.3, 0.4) is 0 Å². The van der Waals surface area contributed by atoms with E-state index in [1.54, 1.807) is 30.2 Å². The number of ether oxygens (including phenoxy) is 1. The quantitative estimate of drug-likeness (QED) is 0.715. The van der Waals surface area contributed by atoms with Gasteiger partial charge in [0.2, 0.25) is 5.91 Å². The summed E-state index contributed by atoms with van der Waals surface area (Å²) in [6.07, 6.45) is 1.16. The summed E-state index contributed by atoms with van der Waals surface area (Å²) in [5.74, 6) is 0.890. The summed E-state index contributed by atoms with van der Waals surface area (Å²) in [6, 6.07) is 13.1. The zero-order chi connectivity index (χ0) is 20.2. The highest BCUT2D eigenvalue weighted by molar-refractivity contribution is 5.97. The number of methoxy groups -OCH3 is 1. The molecule has 3 aromatic rings. The van der Waals surface area contributed by atoms with Gasteiger partial charge < -0.3 is 14.5 Å². The van der Waals surface area contributed by atoms with E-state index < -0.39 is 0 Å². The average Bonchev–Trinajstić information content (AvgIpc) is 3.25. The predicted octanol–water partition coefficient (Wildman–Crippen LogP) is 1.88. The molecule has 29 heavy (non-hydrogen) atoms. The van der Waals surface area contributed by atoms with E-state index in [1.807, 2.05) is 29.2 Å². The first kappa shape index (κ1) is 18.9. The Balaban J connectivity index is 1.28. The van der Waals surface area contributed by atoms with Gasteiger partial charge in [0.25, 0.3) is 5.91 Å². The van der Waals surface area contributed by atoms with Crippen LogP contribution < -0.4 is 4.74 Å². The van der Waals surface area contributed by atoms with Crippen molar-refractivity contribution in [2.24, 2.45) is 0 Å². The maximum atomic E-state index is 12.8. The molecule has 2 aromatic carbocycles. The molecule has 8 nitrogen and oxygen atoms in total. The number of hydrogen-bond acceptors (Lipinski definition) is 5. The highest BCUT2D eigenvalue weighted by Gasteiger charge is 2.25. The van der Waals surface area contributed by atoms with Crippen molar-refractivity contribution >= 4 is 22.8 Å². The third-order valence-electron chi connectivity index (χ3n) is 5.27. The van der Waals surface area contributed by atoms with E-state index in [4.69, 9.17) is 4.74 Å². The molecule has 0 bridgehead atoms. The lowest BCUT2D eigenvalue weighted by Gasteiger charge is -2.35. The summed E-state index contributed by atoms with van der Waals surface area (Å²) in [6.45, 7) is 2.17. The second-order valence-corrected chi connectivity index (χ2v) is 7.05. The van der Waals surface area contributed by atoms with Crippen LogP contribution in [0, 0.1) is 0 Å². The Hall–Kier alpha value is -3.42. The molecule has 1 fully saturated rings. The lowest BCUT2D eigenvalue weighted by atomic mass is 10.1. The van der Waals surface area contributed by atoms with Crippen LogP contribution in [0.15, 0.2) is 42.5 Å². The molecule has 0 atom stereocenters. The number of nitrogens with zero attached hydrogens (tertiary/aromatic N) is 4. The number of benzene rings is 2. The van der Waals surface area contributed by atoms with Gasteiger partial charge in [-0.15, -0.1) is 0 Å². The van der Waals surface area contributed by atoms with Gasteiger partial charge in [0, 0.05) is 38.2 Å². The average molecular weight is 393 g/mol. The van der Waals surface area contributed by atoms with E-state index in [0.717, 1.165) is 16.8 Å².